The normalized spacial score (nSPS) is 11.2. The highest BCUT2D eigenvalue weighted by Gasteiger charge is 2.13. The van der Waals surface area contributed by atoms with Crippen LogP contribution in [0.2, 0.25) is 0 Å². The lowest BCUT2D eigenvalue weighted by atomic mass is 10.2. The number of amides is 1. The molecule has 4 N–H and O–H groups in total. The molecule has 0 radical (unpaired) electrons. The van der Waals surface area contributed by atoms with Crippen LogP contribution in [0.25, 0.3) is 0 Å². The molecule has 0 saturated carbocycles. The van der Waals surface area contributed by atoms with Gasteiger partial charge in [0.15, 0.2) is 0 Å². The van der Waals surface area contributed by atoms with Gasteiger partial charge in [-0.05, 0) is 18.6 Å². The number of hydrogen-bond acceptors (Lipinski definition) is 3. The van der Waals surface area contributed by atoms with Crippen LogP contribution in [0.3, 0.4) is 0 Å². The minimum absolute atomic E-state index is 0.000551. The molecule has 0 aliphatic heterocycles. The molecule has 94 valence electrons. The van der Waals surface area contributed by atoms with Gasteiger partial charge < -0.3 is 20.2 Å². The molecule has 0 bridgehead atoms. The number of nitrogens with one attached hydrogen (secondary N) is 1. The van der Waals surface area contributed by atoms with E-state index in [1.807, 2.05) is 0 Å². The molecular weight excluding hydrogens is 245 g/mol. The topological polar surface area (TPSA) is 107 Å². The maximum Gasteiger partial charge on any atom is 0.325 e. The van der Waals surface area contributed by atoms with Crippen LogP contribution in [-0.2, 0) is 9.36 Å². The summed E-state index contributed by atoms with van der Waals surface area (Å²) < 4.78 is 10.5. The van der Waals surface area contributed by atoms with Crippen LogP contribution >= 0.6 is 7.60 Å². The smallest absolute Gasteiger partial charge is 0.325 e. The molecule has 1 aromatic carbocycles. The van der Waals surface area contributed by atoms with E-state index in [4.69, 9.17) is 9.79 Å². The molecular formula is C10H14NO5P. The van der Waals surface area contributed by atoms with Crippen molar-refractivity contribution >= 4 is 19.2 Å². The molecule has 7 heteroatoms. The van der Waals surface area contributed by atoms with E-state index in [1.54, 1.807) is 12.1 Å². The number of phenolic OH excluding ortho intramolecular Hbond substituents is 1. The van der Waals surface area contributed by atoms with E-state index in [2.05, 4.69) is 5.32 Å². The fourth-order valence-electron chi connectivity index (χ4n) is 1.24. The van der Waals surface area contributed by atoms with Crippen molar-refractivity contribution in [3.05, 3.63) is 24.3 Å². The Balaban J connectivity index is 2.41. The summed E-state index contributed by atoms with van der Waals surface area (Å²) in [6.45, 7) is 0. The summed E-state index contributed by atoms with van der Waals surface area (Å²) in [5.74, 6) is -0.434. The van der Waals surface area contributed by atoms with Crippen LogP contribution in [0.5, 0.6) is 5.75 Å². The average molecular weight is 259 g/mol. The number of para-hydroxylation sites is 2. The van der Waals surface area contributed by atoms with Crippen molar-refractivity contribution in [2.75, 3.05) is 11.5 Å². The lowest BCUT2D eigenvalue weighted by molar-refractivity contribution is -0.116. The summed E-state index contributed by atoms with van der Waals surface area (Å²) in [6, 6.07) is 6.26. The number of phenols is 1. The SMILES string of the molecule is O=C(CCCP(=O)(O)O)Nc1ccccc1O. The molecule has 0 spiro atoms. The Bertz CT molecular complexity index is 442. The largest absolute Gasteiger partial charge is 0.506 e. The summed E-state index contributed by atoms with van der Waals surface area (Å²) in [6.07, 6.45) is -0.218. The molecule has 0 saturated heterocycles. The Morgan fingerprint density at radius 1 is 1.29 bits per heavy atom. The Kier molecular flexibility index (Phi) is 4.69. The van der Waals surface area contributed by atoms with Gasteiger partial charge in [-0.1, -0.05) is 12.1 Å². The van der Waals surface area contributed by atoms with E-state index >= 15 is 0 Å². The maximum absolute atomic E-state index is 11.4. The second-order valence-corrected chi connectivity index (χ2v) is 5.33. The zero-order valence-electron chi connectivity index (χ0n) is 9.04. The van der Waals surface area contributed by atoms with Crippen molar-refractivity contribution in [1.82, 2.24) is 0 Å². The summed E-state index contributed by atoms with van der Waals surface area (Å²) in [4.78, 5) is 28.6. The van der Waals surface area contributed by atoms with Crippen molar-refractivity contribution in [1.29, 1.82) is 0 Å². The molecule has 0 unspecified atom stereocenters. The number of aromatic hydroxyl groups is 1. The minimum atomic E-state index is -4.04. The highest BCUT2D eigenvalue weighted by Crippen LogP contribution is 2.35. The maximum atomic E-state index is 11.4. The molecule has 0 aliphatic rings. The first kappa shape index (κ1) is 13.7. The minimum Gasteiger partial charge on any atom is -0.506 e. The second kappa shape index (κ2) is 5.82. The van der Waals surface area contributed by atoms with Crippen LogP contribution in [0, 0.1) is 0 Å². The predicted octanol–water partition coefficient (Wildman–Crippen LogP) is 1.29. The summed E-state index contributed by atoms with van der Waals surface area (Å²) in [7, 11) is -4.04. The van der Waals surface area contributed by atoms with Crippen molar-refractivity contribution < 1.29 is 24.3 Å². The first-order valence-electron chi connectivity index (χ1n) is 5.01. The fourth-order valence-corrected chi connectivity index (χ4v) is 1.81. The van der Waals surface area contributed by atoms with Gasteiger partial charge in [-0.2, -0.15) is 0 Å². The Hall–Kier alpha value is -1.36. The van der Waals surface area contributed by atoms with Crippen molar-refractivity contribution in [3.8, 4) is 5.75 Å². The highest BCUT2D eigenvalue weighted by atomic mass is 31.2. The van der Waals surface area contributed by atoms with Gasteiger partial charge in [0.1, 0.15) is 5.75 Å². The van der Waals surface area contributed by atoms with Gasteiger partial charge in [0.25, 0.3) is 0 Å². The third kappa shape index (κ3) is 5.49. The summed E-state index contributed by atoms with van der Waals surface area (Å²) in [5, 5.41) is 11.8. The van der Waals surface area contributed by atoms with Gasteiger partial charge in [0, 0.05) is 6.42 Å². The third-order valence-corrected chi connectivity index (χ3v) is 2.93. The Morgan fingerprint density at radius 3 is 2.53 bits per heavy atom. The van der Waals surface area contributed by atoms with Crippen molar-refractivity contribution in [2.24, 2.45) is 0 Å². The molecule has 0 aromatic heterocycles. The van der Waals surface area contributed by atoms with Crippen LogP contribution in [0.15, 0.2) is 24.3 Å². The molecule has 0 heterocycles. The number of carbonyl (C=O) groups is 1. The lowest BCUT2D eigenvalue weighted by Gasteiger charge is -2.07. The lowest BCUT2D eigenvalue weighted by Crippen LogP contribution is -2.11. The zero-order valence-corrected chi connectivity index (χ0v) is 9.93. The van der Waals surface area contributed by atoms with Crippen molar-refractivity contribution in [2.45, 2.75) is 12.8 Å². The number of rotatable bonds is 5. The average Bonchev–Trinajstić information content (AvgIpc) is 2.19. The monoisotopic (exact) mass is 259 g/mol. The summed E-state index contributed by atoms with van der Waals surface area (Å²) >= 11 is 0. The number of carbonyl (C=O) groups excluding carboxylic acids is 1. The number of hydrogen-bond donors (Lipinski definition) is 4. The molecule has 1 aromatic rings. The Morgan fingerprint density at radius 2 is 1.94 bits per heavy atom. The molecule has 0 aliphatic carbocycles. The zero-order chi connectivity index (χ0) is 12.9. The van der Waals surface area contributed by atoms with Crippen LogP contribution in [0.4, 0.5) is 5.69 Å². The third-order valence-electron chi connectivity index (χ3n) is 2.03. The number of anilines is 1. The van der Waals surface area contributed by atoms with E-state index in [1.165, 1.54) is 12.1 Å². The van der Waals surface area contributed by atoms with Crippen molar-refractivity contribution in [3.63, 3.8) is 0 Å². The van der Waals surface area contributed by atoms with Gasteiger partial charge in [-0.15, -0.1) is 0 Å². The van der Waals surface area contributed by atoms with Gasteiger partial charge >= 0.3 is 7.60 Å². The second-order valence-electron chi connectivity index (χ2n) is 3.56. The Labute approximate surface area is 98.4 Å². The van der Waals surface area contributed by atoms with E-state index in [-0.39, 0.29) is 36.3 Å². The van der Waals surface area contributed by atoms with E-state index in [0.29, 0.717) is 0 Å². The quantitative estimate of drug-likeness (QED) is 0.471. The van der Waals surface area contributed by atoms with E-state index in [0.717, 1.165) is 0 Å². The first-order chi connectivity index (χ1) is 7.88. The predicted molar refractivity (Wildman–Crippen MR) is 62.9 cm³/mol. The molecule has 1 rings (SSSR count). The van der Waals surface area contributed by atoms with Gasteiger partial charge in [0.05, 0.1) is 11.8 Å². The molecule has 0 atom stereocenters. The fraction of sp³-hybridized carbons (Fsp3) is 0.300. The molecule has 6 nitrogen and oxygen atoms in total. The van der Waals surface area contributed by atoms with Gasteiger partial charge in [0.2, 0.25) is 5.91 Å². The highest BCUT2D eigenvalue weighted by molar-refractivity contribution is 7.51. The summed E-state index contributed by atoms with van der Waals surface area (Å²) in [5.41, 5.74) is 0.286. The van der Waals surface area contributed by atoms with Crippen LogP contribution < -0.4 is 5.32 Å². The molecule has 1 amide bonds. The number of benzene rings is 1. The van der Waals surface area contributed by atoms with Crippen LogP contribution in [0.1, 0.15) is 12.8 Å². The van der Waals surface area contributed by atoms with Gasteiger partial charge in [-0.3, -0.25) is 9.36 Å². The molecule has 0 fully saturated rings. The molecule has 17 heavy (non-hydrogen) atoms. The van der Waals surface area contributed by atoms with E-state index in [9.17, 15) is 14.5 Å². The van der Waals surface area contributed by atoms with E-state index < -0.39 is 7.60 Å². The first-order valence-corrected chi connectivity index (χ1v) is 6.81. The van der Waals surface area contributed by atoms with Crippen LogP contribution in [-0.4, -0.2) is 27.0 Å². The van der Waals surface area contributed by atoms with Gasteiger partial charge in [-0.25, -0.2) is 0 Å². The standard InChI is InChI=1S/C10H14NO5P/c12-9-5-2-1-4-8(9)11-10(13)6-3-7-17(14,15)16/h1-2,4-5,12H,3,6-7H2,(H,11,13)(H2,14,15,16).